The number of nitro groups is 1. The van der Waals surface area contributed by atoms with Crippen LogP contribution in [0.5, 0.6) is 0 Å². The summed E-state index contributed by atoms with van der Waals surface area (Å²) in [5, 5.41) is 11.9. The predicted octanol–water partition coefficient (Wildman–Crippen LogP) is 3.80. The average molecular weight is 415 g/mol. The lowest BCUT2D eigenvalue weighted by Crippen LogP contribution is -1.96. The van der Waals surface area contributed by atoms with Crippen molar-refractivity contribution >= 4 is 41.7 Å². The Bertz CT molecular complexity index is 801. The van der Waals surface area contributed by atoms with Gasteiger partial charge in [0.2, 0.25) is 9.84 Å². The van der Waals surface area contributed by atoms with Gasteiger partial charge in [-0.25, -0.2) is 8.42 Å². The Morgan fingerprint density at radius 2 is 1.76 bits per heavy atom. The molecule has 0 amide bonds. The predicted molar refractivity (Wildman–Crippen MR) is 88.7 cm³/mol. The zero-order valence-corrected chi connectivity index (χ0v) is 13.6. The molecule has 0 saturated heterocycles. The molecule has 0 aliphatic heterocycles. The lowest BCUT2D eigenvalue weighted by molar-refractivity contribution is -0.384. The van der Waals surface area contributed by atoms with Gasteiger partial charge < -0.3 is 0 Å². The molecule has 0 unspecified atom stereocenters. The summed E-state index contributed by atoms with van der Waals surface area (Å²) in [6, 6.07) is 13.9. The van der Waals surface area contributed by atoms with E-state index in [0.29, 0.717) is 9.14 Å². The number of hydrogen-bond acceptors (Lipinski definition) is 4. The van der Waals surface area contributed by atoms with Crippen LogP contribution in [0.4, 0.5) is 5.69 Å². The number of rotatable bonds is 4. The van der Waals surface area contributed by atoms with Gasteiger partial charge in [-0.2, -0.15) is 0 Å². The summed E-state index contributed by atoms with van der Waals surface area (Å²) in [6.45, 7) is 0. The Balaban J connectivity index is 2.42. The molecule has 0 atom stereocenters. The Morgan fingerprint density at radius 3 is 2.38 bits per heavy atom. The molecule has 0 spiro atoms. The zero-order valence-electron chi connectivity index (χ0n) is 10.6. The molecular weight excluding hydrogens is 405 g/mol. The quantitative estimate of drug-likeness (QED) is 0.433. The van der Waals surface area contributed by atoms with Gasteiger partial charge in [-0.1, -0.05) is 30.3 Å². The van der Waals surface area contributed by atoms with E-state index in [0.717, 1.165) is 5.41 Å². The van der Waals surface area contributed by atoms with Crippen LogP contribution in [-0.4, -0.2) is 13.3 Å². The minimum absolute atomic E-state index is 0.0767. The summed E-state index contributed by atoms with van der Waals surface area (Å²) in [4.78, 5) is 10.4. The van der Waals surface area contributed by atoms with Crippen LogP contribution in [0.25, 0.3) is 3.58 Å². The van der Waals surface area contributed by atoms with Gasteiger partial charge in [0.05, 0.1) is 9.82 Å². The van der Waals surface area contributed by atoms with Gasteiger partial charge in [0, 0.05) is 21.1 Å². The van der Waals surface area contributed by atoms with Crippen molar-refractivity contribution in [1.29, 1.82) is 0 Å². The molecule has 0 fully saturated rings. The Labute approximate surface area is 135 Å². The minimum Gasteiger partial charge on any atom is -0.258 e. The molecule has 0 aliphatic carbocycles. The van der Waals surface area contributed by atoms with Crippen molar-refractivity contribution in [2.75, 3.05) is 0 Å². The van der Waals surface area contributed by atoms with Crippen LogP contribution in [0, 0.1) is 10.1 Å². The van der Waals surface area contributed by atoms with Gasteiger partial charge >= 0.3 is 0 Å². The highest BCUT2D eigenvalue weighted by atomic mass is 127. The number of non-ortho nitro benzene ring substituents is 1. The second kappa shape index (κ2) is 6.35. The van der Waals surface area contributed by atoms with Crippen LogP contribution in [0.3, 0.4) is 0 Å². The maximum Gasteiger partial charge on any atom is 0.270 e. The number of halogens is 1. The molecular formula is C14H10INO4S. The number of nitro benzene ring substituents is 1. The molecule has 7 heteroatoms. The second-order valence-electron chi connectivity index (χ2n) is 4.13. The van der Waals surface area contributed by atoms with Crippen LogP contribution in [0.2, 0.25) is 0 Å². The average Bonchev–Trinajstić information content (AvgIpc) is 2.48. The summed E-state index contributed by atoms with van der Waals surface area (Å²) in [5.74, 6) is 0. The summed E-state index contributed by atoms with van der Waals surface area (Å²) in [7, 11) is -3.58. The van der Waals surface area contributed by atoms with E-state index in [1.807, 2.05) is 22.6 Å². The Morgan fingerprint density at radius 1 is 1.10 bits per heavy atom. The van der Waals surface area contributed by atoms with Crippen LogP contribution < -0.4 is 0 Å². The van der Waals surface area contributed by atoms with Crippen molar-refractivity contribution in [2.24, 2.45) is 0 Å². The summed E-state index contributed by atoms with van der Waals surface area (Å²) < 4.78 is 24.9. The molecule has 2 aromatic rings. The van der Waals surface area contributed by atoms with E-state index in [2.05, 4.69) is 0 Å². The van der Waals surface area contributed by atoms with E-state index in [1.165, 1.54) is 30.3 Å². The lowest BCUT2D eigenvalue weighted by atomic mass is 10.2. The first kappa shape index (κ1) is 15.6. The highest BCUT2D eigenvalue weighted by Gasteiger charge is 2.13. The number of sulfone groups is 1. The molecule has 2 aromatic carbocycles. The van der Waals surface area contributed by atoms with Gasteiger partial charge in [-0.3, -0.25) is 10.1 Å². The molecule has 0 aromatic heterocycles. The molecule has 0 bridgehead atoms. The van der Waals surface area contributed by atoms with Gasteiger partial charge in [0.1, 0.15) is 0 Å². The standard InChI is InChI=1S/C14H10INO4S/c15-14(11-5-4-6-12(9-11)16(17)18)10-21(19,20)13-7-2-1-3-8-13/h1-10H/b14-10+. The third kappa shape index (κ3) is 3.88. The summed E-state index contributed by atoms with van der Waals surface area (Å²) >= 11 is 1.86. The summed E-state index contributed by atoms with van der Waals surface area (Å²) in [5.41, 5.74) is 0.413. The van der Waals surface area contributed by atoms with E-state index in [-0.39, 0.29) is 10.6 Å². The molecule has 108 valence electrons. The van der Waals surface area contributed by atoms with Crippen LogP contribution in [0.15, 0.2) is 64.9 Å². The first-order valence-electron chi connectivity index (χ1n) is 5.82. The third-order valence-corrected chi connectivity index (χ3v) is 5.50. The molecule has 2 rings (SSSR count). The molecule has 0 saturated carbocycles. The normalized spacial score (nSPS) is 12.1. The monoisotopic (exact) mass is 415 g/mol. The largest absolute Gasteiger partial charge is 0.270 e. The van der Waals surface area contributed by atoms with Crippen molar-refractivity contribution in [2.45, 2.75) is 4.90 Å². The van der Waals surface area contributed by atoms with Crippen molar-refractivity contribution in [3.05, 3.63) is 75.7 Å². The minimum atomic E-state index is -3.58. The highest BCUT2D eigenvalue weighted by molar-refractivity contribution is 14.1. The SMILES string of the molecule is O=[N+]([O-])c1cccc(/C(I)=C\S(=O)(=O)c2ccccc2)c1. The van der Waals surface area contributed by atoms with Crippen molar-refractivity contribution < 1.29 is 13.3 Å². The first-order valence-corrected chi connectivity index (χ1v) is 8.45. The highest BCUT2D eigenvalue weighted by Crippen LogP contribution is 2.27. The second-order valence-corrected chi connectivity index (χ2v) is 7.09. The molecule has 5 nitrogen and oxygen atoms in total. The lowest BCUT2D eigenvalue weighted by Gasteiger charge is -2.02. The number of nitrogens with zero attached hydrogens (tertiary/aromatic N) is 1. The third-order valence-electron chi connectivity index (χ3n) is 2.66. The van der Waals surface area contributed by atoms with E-state index < -0.39 is 14.8 Å². The van der Waals surface area contributed by atoms with Crippen LogP contribution in [-0.2, 0) is 9.84 Å². The molecule has 21 heavy (non-hydrogen) atoms. The fraction of sp³-hybridized carbons (Fsp3) is 0. The Hall–Kier alpha value is -1.74. The van der Waals surface area contributed by atoms with E-state index in [4.69, 9.17) is 0 Å². The van der Waals surface area contributed by atoms with Crippen molar-refractivity contribution in [1.82, 2.24) is 0 Å². The maximum atomic E-state index is 12.2. The number of benzene rings is 2. The Kier molecular flexibility index (Phi) is 4.73. The van der Waals surface area contributed by atoms with Gasteiger partial charge in [-0.15, -0.1) is 0 Å². The fourth-order valence-electron chi connectivity index (χ4n) is 1.65. The first-order chi connectivity index (χ1) is 9.90. The smallest absolute Gasteiger partial charge is 0.258 e. The summed E-state index contributed by atoms with van der Waals surface area (Å²) in [6.07, 6.45) is 0. The van der Waals surface area contributed by atoms with Gasteiger partial charge in [-0.05, 0) is 40.3 Å². The van der Waals surface area contributed by atoms with Crippen molar-refractivity contribution in [3.63, 3.8) is 0 Å². The molecule has 0 heterocycles. The van der Waals surface area contributed by atoms with Crippen LogP contribution in [0.1, 0.15) is 5.56 Å². The number of hydrogen-bond donors (Lipinski definition) is 0. The van der Waals surface area contributed by atoms with E-state index >= 15 is 0 Å². The van der Waals surface area contributed by atoms with Crippen molar-refractivity contribution in [3.8, 4) is 0 Å². The zero-order chi connectivity index (χ0) is 15.5. The fourth-order valence-corrected chi connectivity index (χ4v) is 4.07. The van der Waals surface area contributed by atoms with Gasteiger partial charge in [0.25, 0.3) is 5.69 Å². The van der Waals surface area contributed by atoms with E-state index in [9.17, 15) is 18.5 Å². The maximum absolute atomic E-state index is 12.2. The molecule has 0 N–H and O–H groups in total. The van der Waals surface area contributed by atoms with Crippen LogP contribution >= 0.6 is 22.6 Å². The molecule has 0 radical (unpaired) electrons. The van der Waals surface area contributed by atoms with Gasteiger partial charge in [0.15, 0.2) is 0 Å². The molecule has 0 aliphatic rings. The van der Waals surface area contributed by atoms with E-state index in [1.54, 1.807) is 24.3 Å². The topological polar surface area (TPSA) is 77.3 Å².